The van der Waals surface area contributed by atoms with E-state index in [2.05, 4.69) is 10.4 Å². The molecule has 1 amide bonds. The van der Waals surface area contributed by atoms with Gasteiger partial charge in [0.05, 0.1) is 19.3 Å². The summed E-state index contributed by atoms with van der Waals surface area (Å²) >= 11 is 0. The maximum absolute atomic E-state index is 11.6. The third-order valence-electron chi connectivity index (χ3n) is 2.76. The van der Waals surface area contributed by atoms with Crippen molar-refractivity contribution in [3.63, 3.8) is 0 Å². The number of hydrogen-bond donors (Lipinski definition) is 2. The van der Waals surface area contributed by atoms with Gasteiger partial charge in [-0.3, -0.25) is 19.6 Å². The minimum absolute atomic E-state index is 0.131. The molecule has 0 unspecified atom stereocenters. The van der Waals surface area contributed by atoms with Crippen molar-refractivity contribution in [2.75, 3.05) is 0 Å². The van der Waals surface area contributed by atoms with Crippen molar-refractivity contribution in [1.29, 1.82) is 0 Å². The van der Waals surface area contributed by atoms with Gasteiger partial charge in [-0.15, -0.1) is 0 Å². The molecule has 98 valence electrons. The van der Waals surface area contributed by atoms with Crippen LogP contribution in [-0.4, -0.2) is 15.5 Å². The van der Waals surface area contributed by atoms with Crippen molar-refractivity contribution in [2.24, 2.45) is 5.84 Å². The number of hydrogen-bond acceptors (Lipinski definition) is 4. The van der Waals surface area contributed by atoms with Crippen molar-refractivity contribution in [1.82, 2.24) is 15.0 Å². The molecule has 1 heterocycles. The zero-order valence-electron chi connectivity index (χ0n) is 10.2. The van der Waals surface area contributed by atoms with Crippen LogP contribution >= 0.6 is 0 Å². The maximum atomic E-state index is 11.6. The molecule has 6 nitrogen and oxygen atoms in total. The Balaban J connectivity index is 2.28. The second-order valence-corrected chi connectivity index (χ2v) is 4.06. The van der Waals surface area contributed by atoms with Gasteiger partial charge in [0.15, 0.2) is 0 Å². The molecule has 3 N–H and O–H groups in total. The number of hydrazine groups is 1. The van der Waals surface area contributed by atoms with E-state index in [9.17, 15) is 9.59 Å². The molecule has 0 bridgehead atoms. The third-order valence-corrected chi connectivity index (χ3v) is 2.76. The average molecular weight is 258 g/mol. The highest BCUT2D eigenvalue weighted by atomic mass is 16.2. The van der Waals surface area contributed by atoms with Crippen molar-refractivity contribution >= 4 is 5.91 Å². The number of rotatable bonds is 4. The van der Waals surface area contributed by atoms with Crippen LogP contribution in [0.4, 0.5) is 0 Å². The molecule has 0 aliphatic rings. The van der Waals surface area contributed by atoms with E-state index in [1.807, 2.05) is 24.3 Å². The van der Waals surface area contributed by atoms with Crippen LogP contribution in [0.15, 0.2) is 47.7 Å². The van der Waals surface area contributed by atoms with Gasteiger partial charge in [0.1, 0.15) is 0 Å². The highest BCUT2D eigenvalue weighted by Crippen LogP contribution is 2.10. The van der Waals surface area contributed by atoms with E-state index in [1.54, 1.807) is 0 Å². The van der Waals surface area contributed by atoms with Crippen LogP contribution < -0.4 is 16.8 Å². The minimum atomic E-state index is -0.272. The number of benzene rings is 1. The van der Waals surface area contributed by atoms with Gasteiger partial charge in [0.25, 0.3) is 5.56 Å². The molecule has 0 saturated heterocycles. The molecule has 2 rings (SSSR count). The van der Waals surface area contributed by atoms with Crippen molar-refractivity contribution in [3.8, 4) is 0 Å². The number of nitrogens with one attached hydrogen (secondary N) is 1. The number of aromatic nitrogens is 2. The summed E-state index contributed by atoms with van der Waals surface area (Å²) in [7, 11) is 0. The quantitative estimate of drug-likeness (QED) is 0.452. The monoisotopic (exact) mass is 258 g/mol. The summed E-state index contributed by atoms with van der Waals surface area (Å²) in [5.41, 5.74) is 3.69. The average Bonchev–Trinajstić information content (AvgIpc) is 2.43. The minimum Gasteiger partial charge on any atom is -0.295 e. The van der Waals surface area contributed by atoms with Crippen LogP contribution in [0, 0.1) is 0 Å². The van der Waals surface area contributed by atoms with E-state index in [0.717, 1.165) is 11.1 Å². The highest BCUT2D eigenvalue weighted by Gasteiger charge is 2.07. The van der Waals surface area contributed by atoms with Gasteiger partial charge in [0.2, 0.25) is 5.91 Å². The molecule has 0 spiro atoms. The molecular weight excluding hydrogens is 244 g/mol. The zero-order valence-corrected chi connectivity index (χ0v) is 10.2. The van der Waals surface area contributed by atoms with Gasteiger partial charge in [-0.2, -0.15) is 0 Å². The van der Waals surface area contributed by atoms with Crippen molar-refractivity contribution < 1.29 is 4.79 Å². The fourth-order valence-electron chi connectivity index (χ4n) is 1.79. The van der Waals surface area contributed by atoms with E-state index in [0.29, 0.717) is 6.54 Å². The predicted octanol–water partition coefficient (Wildman–Crippen LogP) is -0.176. The van der Waals surface area contributed by atoms with Gasteiger partial charge in [-0.05, 0) is 11.1 Å². The predicted molar refractivity (Wildman–Crippen MR) is 70.1 cm³/mol. The normalized spacial score (nSPS) is 10.2. The lowest BCUT2D eigenvalue weighted by Gasteiger charge is -2.10. The Morgan fingerprint density at radius 2 is 2.00 bits per heavy atom. The Morgan fingerprint density at radius 1 is 1.26 bits per heavy atom. The summed E-state index contributed by atoms with van der Waals surface area (Å²) in [6.45, 7) is 0.376. The van der Waals surface area contributed by atoms with Crippen LogP contribution in [0.2, 0.25) is 0 Å². The van der Waals surface area contributed by atoms with Crippen LogP contribution in [0.1, 0.15) is 11.1 Å². The van der Waals surface area contributed by atoms with Crippen LogP contribution in [-0.2, 0) is 17.8 Å². The molecule has 2 aromatic rings. The third kappa shape index (κ3) is 3.26. The van der Waals surface area contributed by atoms with E-state index in [1.165, 1.54) is 23.2 Å². The summed E-state index contributed by atoms with van der Waals surface area (Å²) in [6.07, 6.45) is 3.11. The molecule has 19 heavy (non-hydrogen) atoms. The van der Waals surface area contributed by atoms with Gasteiger partial charge >= 0.3 is 0 Å². The standard InChI is InChI=1S/C13H14N4O2/c14-16-12(18)7-10-3-1-2-4-11(10)8-17-9-15-6-5-13(17)19/h1-6,9H,7-8,14H2,(H,16,18). The fraction of sp³-hybridized carbons (Fsp3) is 0.154. The molecular formula is C13H14N4O2. The maximum Gasteiger partial charge on any atom is 0.253 e. The number of carbonyl (C=O) groups is 1. The molecule has 0 atom stereocenters. The molecule has 1 aromatic heterocycles. The van der Waals surface area contributed by atoms with Crippen LogP contribution in [0.3, 0.4) is 0 Å². The van der Waals surface area contributed by atoms with E-state index >= 15 is 0 Å². The lowest BCUT2D eigenvalue weighted by molar-refractivity contribution is -0.120. The molecule has 0 radical (unpaired) electrons. The molecule has 1 aromatic carbocycles. The van der Waals surface area contributed by atoms with Gasteiger partial charge in [-0.25, -0.2) is 10.8 Å². The van der Waals surface area contributed by atoms with Crippen LogP contribution in [0.25, 0.3) is 0 Å². The Bertz CT molecular complexity index is 636. The lowest BCUT2D eigenvalue weighted by Crippen LogP contribution is -2.31. The Morgan fingerprint density at radius 3 is 2.68 bits per heavy atom. The first-order valence-corrected chi connectivity index (χ1v) is 5.77. The van der Waals surface area contributed by atoms with Crippen molar-refractivity contribution in [3.05, 3.63) is 64.3 Å². The number of nitrogens with zero attached hydrogens (tertiary/aromatic N) is 2. The summed E-state index contributed by atoms with van der Waals surface area (Å²) in [4.78, 5) is 26.9. The first-order chi connectivity index (χ1) is 9.20. The van der Waals surface area contributed by atoms with Gasteiger partial charge in [0, 0.05) is 12.3 Å². The smallest absolute Gasteiger partial charge is 0.253 e. The molecule has 0 fully saturated rings. The van der Waals surface area contributed by atoms with Crippen LogP contribution in [0.5, 0.6) is 0 Å². The van der Waals surface area contributed by atoms with Gasteiger partial charge < -0.3 is 0 Å². The van der Waals surface area contributed by atoms with E-state index in [4.69, 9.17) is 5.84 Å². The largest absolute Gasteiger partial charge is 0.295 e. The number of carbonyl (C=O) groups excluding carboxylic acids is 1. The van der Waals surface area contributed by atoms with E-state index < -0.39 is 0 Å². The Kier molecular flexibility index (Phi) is 4.04. The zero-order chi connectivity index (χ0) is 13.7. The Hall–Kier alpha value is -2.47. The topological polar surface area (TPSA) is 90.0 Å². The molecule has 0 aliphatic heterocycles. The number of nitrogens with two attached hydrogens (primary N) is 1. The lowest BCUT2D eigenvalue weighted by atomic mass is 10.0. The number of amides is 1. The highest BCUT2D eigenvalue weighted by molar-refractivity contribution is 5.78. The Labute approximate surface area is 109 Å². The SMILES string of the molecule is NNC(=O)Cc1ccccc1Cn1cnccc1=O. The molecule has 0 saturated carbocycles. The second-order valence-electron chi connectivity index (χ2n) is 4.06. The molecule has 0 aliphatic carbocycles. The second kappa shape index (κ2) is 5.92. The summed E-state index contributed by atoms with van der Waals surface area (Å²) in [6, 6.07) is 8.81. The van der Waals surface area contributed by atoms with Gasteiger partial charge in [-0.1, -0.05) is 24.3 Å². The first-order valence-electron chi connectivity index (χ1n) is 5.77. The summed E-state index contributed by atoms with van der Waals surface area (Å²) in [5, 5.41) is 0. The summed E-state index contributed by atoms with van der Waals surface area (Å²) < 4.78 is 1.49. The van der Waals surface area contributed by atoms with E-state index in [-0.39, 0.29) is 17.9 Å². The molecule has 6 heteroatoms. The first kappa shape index (κ1) is 13.0. The van der Waals surface area contributed by atoms with Crippen molar-refractivity contribution in [2.45, 2.75) is 13.0 Å². The fourth-order valence-corrected chi connectivity index (χ4v) is 1.79. The summed E-state index contributed by atoms with van der Waals surface area (Å²) in [5.74, 6) is 4.81.